The van der Waals surface area contributed by atoms with Gasteiger partial charge in [0.05, 0.1) is 31.2 Å². The second-order valence-corrected chi connectivity index (χ2v) is 7.66. The molecule has 0 saturated carbocycles. The number of nitrogens with zero attached hydrogens (tertiary/aromatic N) is 2. The standard InChI is InChI=1S/C24H24N4O3/c1-16-22(23(20-5-2-3-9-25-20)28-10-13-30-14-11-28)18-15-17(7-8-19(18)26-16)27-24(29)21-6-4-12-31-21/h2-9,12,15,23,26H,10-11,13-14H2,1H3,(H,27,29)/t23-/m1/s1. The molecule has 3 aromatic heterocycles. The minimum absolute atomic E-state index is 0.00475. The lowest BCUT2D eigenvalue weighted by Crippen LogP contribution is -2.40. The molecular weight excluding hydrogens is 392 g/mol. The Labute approximate surface area is 180 Å². The Bertz CT molecular complexity index is 1180. The predicted octanol–water partition coefficient (Wildman–Crippen LogP) is 4.14. The van der Waals surface area contributed by atoms with Crippen LogP contribution in [0.1, 0.15) is 33.5 Å². The molecule has 31 heavy (non-hydrogen) atoms. The number of H-pyrrole nitrogens is 1. The van der Waals surface area contributed by atoms with Crippen LogP contribution in [-0.4, -0.2) is 47.1 Å². The Morgan fingerprint density at radius 1 is 1.16 bits per heavy atom. The maximum atomic E-state index is 12.5. The number of hydrogen-bond donors (Lipinski definition) is 2. The summed E-state index contributed by atoms with van der Waals surface area (Å²) in [5.74, 6) is 0.0119. The summed E-state index contributed by atoms with van der Waals surface area (Å²) in [5, 5.41) is 4.00. The molecule has 5 rings (SSSR count). The fourth-order valence-corrected chi connectivity index (χ4v) is 4.27. The third kappa shape index (κ3) is 3.85. The van der Waals surface area contributed by atoms with E-state index in [4.69, 9.17) is 9.15 Å². The van der Waals surface area contributed by atoms with Crippen LogP contribution in [0.2, 0.25) is 0 Å². The van der Waals surface area contributed by atoms with E-state index in [2.05, 4.69) is 33.2 Å². The first kappa shape index (κ1) is 19.5. The summed E-state index contributed by atoms with van der Waals surface area (Å²) >= 11 is 0. The van der Waals surface area contributed by atoms with Crippen LogP contribution >= 0.6 is 0 Å². The van der Waals surface area contributed by atoms with Gasteiger partial charge in [0.2, 0.25) is 0 Å². The maximum Gasteiger partial charge on any atom is 0.291 e. The number of rotatable bonds is 5. The first-order valence-corrected chi connectivity index (χ1v) is 10.4. The highest BCUT2D eigenvalue weighted by atomic mass is 16.5. The number of aryl methyl sites for hydroxylation is 1. The largest absolute Gasteiger partial charge is 0.459 e. The van der Waals surface area contributed by atoms with E-state index in [0.29, 0.717) is 13.2 Å². The molecule has 7 heteroatoms. The zero-order valence-electron chi connectivity index (χ0n) is 17.3. The fourth-order valence-electron chi connectivity index (χ4n) is 4.27. The van der Waals surface area contributed by atoms with Crippen LogP contribution in [0.3, 0.4) is 0 Å². The van der Waals surface area contributed by atoms with Crippen LogP contribution in [0.4, 0.5) is 5.69 Å². The number of aromatic nitrogens is 2. The van der Waals surface area contributed by atoms with Crippen LogP contribution in [-0.2, 0) is 4.74 Å². The van der Waals surface area contributed by atoms with Crippen molar-refractivity contribution in [3.8, 4) is 0 Å². The van der Waals surface area contributed by atoms with Gasteiger partial charge < -0.3 is 19.5 Å². The van der Waals surface area contributed by atoms with Crippen LogP contribution in [0.25, 0.3) is 10.9 Å². The molecule has 1 atom stereocenters. The van der Waals surface area contributed by atoms with E-state index in [1.807, 2.05) is 36.5 Å². The van der Waals surface area contributed by atoms with Crippen molar-refractivity contribution >= 4 is 22.5 Å². The number of hydrogen-bond acceptors (Lipinski definition) is 5. The van der Waals surface area contributed by atoms with Crippen molar-refractivity contribution in [3.05, 3.63) is 83.7 Å². The van der Waals surface area contributed by atoms with E-state index in [0.717, 1.165) is 41.1 Å². The van der Waals surface area contributed by atoms with Gasteiger partial charge in [-0.2, -0.15) is 0 Å². The molecule has 1 fully saturated rings. The number of amides is 1. The van der Waals surface area contributed by atoms with Crippen LogP contribution in [0.15, 0.2) is 65.4 Å². The normalized spacial score (nSPS) is 15.8. The molecule has 4 aromatic rings. The number of pyridine rings is 1. The zero-order valence-corrected chi connectivity index (χ0v) is 17.3. The van der Waals surface area contributed by atoms with E-state index < -0.39 is 0 Å². The number of carbonyl (C=O) groups excluding carboxylic acids is 1. The molecule has 1 aromatic carbocycles. The highest BCUT2D eigenvalue weighted by Crippen LogP contribution is 2.36. The molecule has 1 aliphatic rings. The molecule has 0 spiro atoms. The van der Waals surface area contributed by atoms with Crippen molar-refractivity contribution in [2.45, 2.75) is 13.0 Å². The number of anilines is 1. The first-order chi connectivity index (χ1) is 15.2. The molecule has 158 valence electrons. The quantitative estimate of drug-likeness (QED) is 0.511. The van der Waals surface area contributed by atoms with Gasteiger partial charge >= 0.3 is 0 Å². The van der Waals surface area contributed by atoms with E-state index in [1.54, 1.807) is 12.1 Å². The minimum atomic E-state index is -0.271. The zero-order chi connectivity index (χ0) is 21.2. The number of benzene rings is 1. The molecule has 0 radical (unpaired) electrons. The molecule has 0 unspecified atom stereocenters. The van der Waals surface area contributed by atoms with Crippen molar-refractivity contribution in [3.63, 3.8) is 0 Å². The Kier molecular flexibility index (Phi) is 5.28. The summed E-state index contributed by atoms with van der Waals surface area (Å²) in [6, 6.07) is 15.3. The summed E-state index contributed by atoms with van der Waals surface area (Å²) in [4.78, 5) is 23.1. The fraction of sp³-hybridized carbons (Fsp3) is 0.250. The average molecular weight is 416 g/mol. The summed E-state index contributed by atoms with van der Waals surface area (Å²) in [6.45, 7) is 5.17. The lowest BCUT2D eigenvalue weighted by atomic mass is 9.97. The van der Waals surface area contributed by atoms with Gasteiger partial charge in [-0.25, -0.2) is 0 Å². The molecule has 2 N–H and O–H groups in total. The lowest BCUT2D eigenvalue weighted by molar-refractivity contribution is 0.0234. The highest BCUT2D eigenvalue weighted by Gasteiger charge is 2.29. The lowest BCUT2D eigenvalue weighted by Gasteiger charge is -2.34. The summed E-state index contributed by atoms with van der Waals surface area (Å²) < 4.78 is 10.8. The van der Waals surface area contributed by atoms with Crippen LogP contribution in [0.5, 0.6) is 0 Å². The number of ether oxygens (including phenoxy) is 1. The summed E-state index contributed by atoms with van der Waals surface area (Å²) in [5.41, 5.74) is 5.00. The number of aromatic amines is 1. The monoisotopic (exact) mass is 416 g/mol. The van der Waals surface area contributed by atoms with E-state index in [9.17, 15) is 4.79 Å². The Morgan fingerprint density at radius 2 is 2.03 bits per heavy atom. The molecule has 1 amide bonds. The molecule has 0 bridgehead atoms. The number of furan rings is 1. The number of carbonyl (C=O) groups is 1. The topological polar surface area (TPSA) is 83.4 Å². The van der Waals surface area contributed by atoms with Gasteiger partial charge in [0.25, 0.3) is 5.91 Å². The number of nitrogens with one attached hydrogen (secondary N) is 2. The van der Waals surface area contributed by atoms with E-state index in [1.165, 1.54) is 11.8 Å². The summed E-state index contributed by atoms with van der Waals surface area (Å²) in [7, 11) is 0. The molecule has 4 heterocycles. The SMILES string of the molecule is Cc1[nH]c2ccc(NC(=O)c3ccco3)cc2c1[C@@H](c1ccccn1)N1CCOCC1. The predicted molar refractivity (Wildman–Crippen MR) is 118 cm³/mol. The molecule has 1 aliphatic heterocycles. The van der Waals surface area contributed by atoms with Gasteiger partial charge in [0, 0.05) is 47.1 Å². The third-order valence-electron chi connectivity index (χ3n) is 5.69. The van der Waals surface area contributed by atoms with Crippen LogP contribution < -0.4 is 5.32 Å². The highest BCUT2D eigenvalue weighted by molar-refractivity contribution is 6.03. The van der Waals surface area contributed by atoms with Gasteiger partial charge in [0.1, 0.15) is 0 Å². The number of fused-ring (bicyclic) bond motifs is 1. The summed E-state index contributed by atoms with van der Waals surface area (Å²) in [6.07, 6.45) is 3.33. The molecule has 1 saturated heterocycles. The molecule has 0 aliphatic carbocycles. The van der Waals surface area contributed by atoms with Gasteiger partial charge in [-0.15, -0.1) is 0 Å². The Balaban J connectivity index is 1.58. The van der Waals surface area contributed by atoms with Gasteiger partial charge in [0.15, 0.2) is 5.76 Å². The second kappa shape index (κ2) is 8.37. The first-order valence-electron chi connectivity index (χ1n) is 10.4. The van der Waals surface area contributed by atoms with Crippen LogP contribution in [0, 0.1) is 6.92 Å². The van der Waals surface area contributed by atoms with Crippen molar-refractivity contribution in [2.24, 2.45) is 0 Å². The minimum Gasteiger partial charge on any atom is -0.459 e. The Morgan fingerprint density at radius 3 is 2.77 bits per heavy atom. The van der Waals surface area contributed by atoms with Crippen molar-refractivity contribution < 1.29 is 13.9 Å². The second-order valence-electron chi connectivity index (χ2n) is 7.66. The third-order valence-corrected chi connectivity index (χ3v) is 5.69. The average Bonchev–Trinajstić information content (AvgIpc) is 3.44. The molecular formula is C24H24N4O3. The van der Waals surface area contributed by atoms with Crippen molar-refractivity contribution in [1.29, 1.82) is 0 Å². The van der Waals surface area contributed by atoms with E-state index in [-0.39, 0.29) is 17.7 Å². The van der Waals surface area contributed by atoms with Gasteiger partial charge in [-0.3, -0.25) is 14.7 Å². The van der Waals surface area contributed by atoms with Gasteiger partial charge in [-0.1, -0.05) is 6.07 Å². The van der Waals surface area contributed by atoms with Crippen molar-refractivity contribution in [1.82, 2.24) is 14.9 Å². The van der Waals surface area contributed by atoms with E-state index >= 15 is 0 Å². The maximum absolute atomic E-state index is 12.5. The number of morpholine rings is 1. The van der Waals surface area contributed by atoms with Gasteiger partial charge in [-0.05, 0) is 49.4 Å². The Hall–Kier alpha value is -3.42. The molecule has 7 nitrogen and oxygen atoms in total. The van der Waals surface area contributed by atoms with Crippen molar-refractivity contribution in [2.75, 3.05) is 31.6 Å². The smallest absolute Gasteiger partial charge is 0.291 e.